The molecular formula is C29H38N4O3. The highest BCUT2D eigenvalue weighted by Crippen LogP contribution is 2.34. The van der Waals surface area contributed by atoms with Crippen molar-refractivity contribution >= 4 is 17.5 Å². The van der Waals surface area contributed by atoms with Crippen LogP contribution in [0.2, 0.25) is 0 Å². The van der Waals surface area contributed by atoms with Gasteiger partial charge < -0.3 is 24.8 Å². The maximum Gasteiger partial charge on any atom is 0.258 e. The summed E-state index contributed by atoms with van der Waals surface area (Å²) in [6, 6.07) is 18.0. The average Bonchev–Trinajstić information content (AvgIpc) is 2.93. The van der Waals surface area contributed by atoms with Crippen molar-refractivity contribution in [1.29, 1.82) is 0 Å². The highest BCUT2D eigenvalue weighted by atomic mass is 16.5. The van der Waals surface area contributed by atoms with Crippen LogP contribution >= 0.6 is 0 Å². The van der Waals surface area contributed by atoms with E-state index in [1.807, 2.05) is 59.5 Å². The number of amides is 2. The molecule has 36 heavy (non-hydrogen) atoms. The van der Waals surface area contributed by atoms with Crippen LogP contribution in [0.15, 0.2) is 54.6 Å². The zero-order valence-electron chi connectivity index (χ0n) is 21.3. The van der Waals surface area contributed by atoms with Gasteiger partial charge in [-0.05, 0) is 62.4 Å². The summed E-state index contributed by atoms with van der Waals surface area (Å²) >= 11 is 0. The summed E-state index contributed by atoms with van der Waals surface area (Å²) < 4.78 is 5.37. The van der Waals surface area contributed by atoms with Gasteiger partial charge >= 0.3 is 0 Å². The number of benzene rings is 2. The van der Waals surface area contributed by atoms with Crippen molar-refractivity contribution in [2.75, 3.05) is 51.8 Å². The van der Waals surface area contributed by atoms with Crippen LogP contribution in [0.3, 0.4) is 0 Å². The molecule has 7 heteroatoms. The highest BCUT2D eigenvalue weighted by molar-refractivity contribution is 6.03. The first kappa shape index (κ1) is 24.8. The van der Waals surface area contributed by atoms with E-state index in [2.05, 4.69) is 10.2 Å². The third-order valence-electron chi connectivity index (χ3n) is 8.04. The van der Waals surface area contributed by atoms with E-state index in [-0.39, 0.29) is 18.4 Å². The molecule has 192 valence electrons. The molecule has 2 amide bonds. The monoisotopic (exact) mass is 490 g/mol. The van der Waals surface area contributed by atoms with Crippen LogP contribution in [0.25, 0.3) is 0 Å². The predicted molar refractivity (Wildman–Crippen MR) is 141 cm³/mol. The van der Waals surface area contributed by atoms with E-state index in [0.717, 1.165) is 24.2 Å². The molecule has 3 heterocycles. The number of para-hydroxylation sites is 1. The van der Waals surface area contributed by atoms with E-state index in [0.29, 0.717) is 30.7 Å². The first-order chi connectivity index (χ1) is 17.7. The van der Waals surface area contributed by atoms with Gasteiger partial charge in [-0.2, -0.15) is 0 Å². The highest BCUT2D eigenvalue weighted by Gasteiger charge is 2.37. The zero-order valence-corrected chi connectivity index (χ0v) is 21.3. The van der Waals surface area contributed by atoms with E-state index in [9.17, 15) is 9.59 Å². The Labute approximate surface area is 214 Å². The molecule has 0 saturated carbocycles. The molecular weight excluding hydrogens is 452 g/mol. The molecule has 0 radical (unpaired) electrons. The smallest absolute Gasteiger partial charge is 0.258 e. The van der Waals surface area contributed by atoms with Crippen molar-refractivity contribution in [3.05, 3.63) is 65.7 Å². The summed E-state index contributed by atoms with van der Waals surface area (Å²) in [4.78, 5) is 33.7. The molecule has 2 aromatic carbocycles. The Kier molecular flexibility index (Phi) is 7.87. The normalized spacial score (nSPS) is 24.0. The van der Waals surface area contributed by atoms with Gasteiger partial charge in [-0.1, -0.05) is 48.9 Å². The molecule has 0 aliphatic carbocycles. The predicted octanol–water partition coefficient (Wildman–Crippen LogP) is 3.99. The van der Waals surface area contributed by atoms with Gasteiger partial charge in [0.15, 0.2) is 0 Å². The lowest BCUT2D eigenvalue weighted by Gasteiger charge is -2.46. The lowest BCUT2D eigenvalue weighted by molar-refractivity contribution is -0.134. The summed E-state index contributed by atoms with van der Waals surface area (Å²) in [7, 11) is 1.67. The van der Waals surface area contributed by atoms with Crippen molar-refractivity contribution in [3.63, 3.8) is 0 Å². The summed E-state index contributed by atoms with van der Waals surface area (Å²) in [6.45, 7) is 4.15. The zero-order chi connectivity index (χ0) is 24.9. The van der Waals surface area contributed by atoms with Crippen LogP contribution in [0.1, 0.15) is 54.2 Å². The largest absolute Gasteiger partial charge is 0.383 e. The van der Waals surface area contributed by atoms with Crippen molar-refractivity contribution in [2.45, 2.75) is 44.3 Å². The lowest BCUT2D eigenvalue weighted by Crippen LogP contribution is -2.54. The molecule has 5 rings (SSSR count). The minimum atomic E-state index is -0.398. The van der Waals surface area contributed by atoms with Gasteiger partial charge in [0, 0.05) is 31.9 Å². The van der Waals surface area contributed by atoms with Crippen LogP contribution in [0.4, 0.5) is 5.69 Å². The van der Waals surface area contributed by atoms with E-state index in [1.165, 1.54) is 38.8 Å². The number of hydrogen-bond donors (Lipinski definition) is 1. The molecule has 1 N–H and O–H groups in total. The number of nitrogens with one attached hydrogen (secondary N) is 1. The minimum Gasteiger partial charge on any atom is -0.383 e. The molecule has 0 spiro atoms. The fourth-order valence-electron chi connectivity index (χ4n) is 6.19. The average molecular weight is 491 g/mol. The van der Waals surface area contributed by atoms with Crippen LogP contribution in [0, 0.1) is 5.92 Å². The van der Waals surface area contributed by atoms with E-state index >= 15 is 0 Å². The number of ether oxygens (including phenoxy) is 1. The van der Waals surface area contributed by atoms with Gasteiger partial charge in [0.2, 0.25) is 5.91 Å². The third kappa shape index (κ3) is 5.27. The molecule has 2 fully saturated rings. The summed E-state index contributed by atoms with van der Waals surface area (Å²) in [6.07, 6.45) is 5.72. The molecule has 0 bridgehead atoms. The number of nitrogens with zero attached hydrogens (tertiary/aromatic N) is 3. The fraction of sp³-hybridized carbons (Fsp3) is 0.517. The van der Waals surface area contributed by atoms with Crippen molar-refractivity contribution < 1.29 is 14.3 Å². The first-order valence-electron chi connectivity index (χ1n) is 13.4. The SMILES string of the molecule is COCCN(C[C@@H]1CCCN2CCCC[C@H]12)C(=O)CN1C(=O)c2ccccc2N[C@@H]1c1ccccc1. The number of anilines is 1. The molecule has 0 unspecified atom stereocenters. The Morgan fingerprint density at radius 1 is 1.03 bits per heavy atom. The maximum atomic E-state index is 13.8. The summed E-state index contributed by atoms with van der Waals surface area (Å²) in [5, 5.41) is 3.50. The number of carbonyl (C=O) groups is 2. The van der Waals surface area contributed by atoms with Crippen molar-refractivity contribution in [1.82, 2.24) is 14.7 Å². The summed E-state index contributed by atoms with van der Waals surface area (Å²) in [5.74, 6) is 0.338. The Hall–Kier alpha value is -2.90. The van der Waals surface area contributed by atoms with Gasteiger partial charge in [0.05, 0.1) is 12.2 Å². The van der Waals surface area contributed by atoms with Crippen LogP contribution in [-0.2, 0) is 9.53 Å². The quantitative estimate of drug-likeness (QED) is 0.606. The lowest BCUT2D eigenvalue weighted by atomic mass is 9.83. The number of hydrogen-bond acceptors (Lipinski definition) is 5. The second-order valence-electron chi connectivity index (χ2n) is 10.3. The maximum absolute atomic E-state index is 13.8. The Morgan fingerprint density at radius 3 is 2.64 bits per heavy atom. The molecule has 3 aliphatic rings. The number of piperidine rings is 2. The van der Waals surface area contributed by atoms with Crippen LogP contribution in [0.5, 0.6) is 0 Å². The molecule has 2 aromatic rings. The van der Waals surface area contributed by atoms with Crippen LogP contribution in [-0.4, -0.2) is 79.0 Å². The second-order valence-corrected chi connectivity index (χ2v) is 10.3. The Balaban J connectivity index is 1.37. The Morgan fingerprint density at radius 2 is 1.81 bits per heavy atom. The molecule has 7 nitrogen and oxygen atoms in total. The van der Waals surface area contributed by atoms with Crippen LogP contribution < -0.4 is 5.32 Å². The van der Waals surface area contributed by atoms with E-state index < -0.39 is 6.17 Å². The topological polar surface area (TPSA) is 65.1 Å². The van der Waals surface area contributed by atoms with Gasteiger partial charge in [-0.15, -0.1) is 0 Å². The Bertz CT molecular complexity index is 1040. The first-order valence-corrected chi connectivity index (χ1v) is 13.4. The van der Waals surface area contributed by atoms with E-state index in [1.54, 1.807) is 12.0 Å². The molecule has 3 aliphatic heterocycles. The number of rotatable bonds is 8. The molecule has 0 aromatic heterocycles. The van der Waals surface area contributed by atoms with E-state index in [4.69, 9.17) is 4.74 Å². The number of carbonyl (C=O) groups excluding carboxylic acids is 2. The van der Waals surface area contributed by atoms with Gasteiger partial charge in [-0.25, -0.2) is 0 Å². The second kappa shape index (κ2) is 11.4. The number of methoxy groups -OCH3 is 1. The standard InChI is InChI=1S/C29H38N4O3/c1-36-19-18-32(20-23-12-9-17-31-16-8-7-15-26(23)31)27(34)21-33-28(22-10-3-2-4-11-22)30-25-14-6-5-13-24(25)29(33)35/h2-6,10-11,13-14,23,26,28,30H,7-9,12,15-21H2,1H3/t23-,26+,28-/m0/s1. The molecule has 3 atom stereocenters. The van der Waals surface area contributed by atoms with Crippen molar-refractivity contribution in [3.8, 4) is 0 Å². The fourth-order valence-corrected chi connectivity index (χ4v) is 6.19. The van der Waals surface area contributed by atoms with Gasteiger partial charge in [0.25, 0.3) is 5.91 Å². The van der Waals surface area contributed by atoms with Gasteiger partial charge in [0.1, 0.15) is 12.7 Å². The summed E-state index contributed by atoms with van der Waals surface area (Å²) in [5.41, 5.74) is 2.36. The van der Waals surface area contributed by atoms with Gasteiger partial charge in [-0.3, -0.25) is 9.59 Å². The van der Waals surface area contributed by atoms with Crippen molar-refractivity contribution in [2.24, 2.45) is 5.92 Å². The number of fused-ring (bicyclic) bond motifs is 2. The molecule has 2 saturated heterocycles. The third-order valence-corrected chi connectivity index (χ3v) is 8.04. The minimum absolute atomic E-state index is 0.0181.